The van der Waals surface area contributed by atoms with Crippen molar-refractivity contribution in [1.82, 2.24) is 10.4 Å². The highest BCUT2D eigenvalue weighted by Gasteiger charge is 2.21. The Hall–Kier alpha value is -4.88. The van der Waals surface area contributed by atoms with Crippen LogP contribution in [0.3, 0.4) is 0 Å². The molecular formula is C32H26ClN3O4. The van der Waals surface area contributed by atoms with E-state index in [1.165, 1.54) is 6.21 Å². The minimum Gasteiger partial charge on any atom is -0.490 e. The van der Waals surface area contributed by atoms with Gasteiger partial charge in [-0.15, -0.1) is 0 Å². The lowest BCUT2D eigenvalue weighted by atomic mass is 10.0. The summed E-state index contributed by atoms with van der Waals surface area (Å²) in [4.78, 5) is 29.1. The van der Waals surface area contributed by atoms with Gasteiger partial charge in [-0.2, -0.15) is 5.10 Å². The van der Waals surface area contributed by atoms with Crippen molar-refractivity contribution in [2.24, 2.45) is 5.10 Å². The summed E-state index contributed by atoms with van der Waals surface area (Å²) in [7, 11) is 0. The Bertz CT molecular complexity index is 1730. The van der Waals surface area contributed by atoms with Gasteiger partial charge in [0.25, 0.3) is 5.91 Å². The highest BCUT2D eigenvalue weighted by atomic mass is 35.5. The summed E-state index contributed by atoms with van der Waals surface area (Å²) < 4.78 is 11.2. The van der Waals surface area contributed by atoms with Crippen molar-refractivity contribution in [3.8, 4) is 22.6 Å². The number of halogens is 1. The van der Waals surface area contributed by atoms with Crippen LogP contribution >= 0.6 is 11.6 Å². The smallest absolute Gasteiger partial charge is 0.343 e. The van der Waals surface area contributed by atoms with Gasteiger partial charge in [0.05, 0.1) is 18.4 Å². The summed E-state index contributed by atoms with van der Waals surface area (Å²) in [6.07, 6.45) is 1.49. The van der Waals surface area contributed by atoms with Crippen molar-refractivity contribution in [1.29, 1.82) is 0 Å². The number of amides is 1. The summed E-state index contributed by atoms with van der Waals surface area (Å²) in [5, 5.41) is 5.60. The molecule has 0 aliphatic carbocycles. The van der Waals surface area contributed by atoms with Gasteiger partial charge in [0.2, 0.25) is 0 Å². The molecule has 0 bridgehead atoms. The van der Waals surface area contributed by atoms with Crippen LogP contribution in [0, 0.1) is 6.92 Å². The first-order valence-corrected chi connectivity index (χ1v) is 13.1. The number of hydrogen-bond acceptors (Lipinski definition) is 5. The standard InChI is InChI=1S/C32H26ClN3O4/c1-3-39-27-18-21(16-17-26(27)40-32(38)22-11-5-4-6-12-22)19-34-36-31(37)30-28(23-13-7-8-15-25(23)33)24-14-9-10-20(2)29(24)35-30/h4-19,35H,3H2,1-2H3,(H,36,37). The molecule has 5 rings (SSSR count). The Labute approximate surface area is 236 Å². The number of para-hydroxylation sites is 1. The fourth-order valence-corrected chi connectivity index (χ4v) is 4.62. The maximum absolute atomic E-state index is 13.3. The van der Waals surface area contributed by atoms with E-state index in [-0.39, 0.29) is 5.75 Å². The maximum Gasteiger partial charge on any atom is 0.343 e. The van der Waals surface area contributed by atoms with Crippen LogP contribution < -0.4 is 14.9 Å². The van der Waals surface area contributed by atoms with E-state index in [2.05, 4.69) is 15.5 Å². The monoisotopic (exact) mass is 551 g/mol. The van der Waals surface area contributed by atoms with Gasteiger partial charge in [-0.3, -0.25) is 4.79 Å². The van der Waals surface area contributed by atoms with Crippen LogP contribution in [0.4, 0.5) is 0 Å². The Kier molecular flexibility index (Phi) is 7.94. The lowest BCUT2D eigenvalue weighted by Gasteiger charge is -2.11. The molecule has 8 heteroatoms. The van der Waals surface area contributed by atoms with E-state index in [9.17, 15) is 9.59 Å². The number of ether oxygens (including phenoxy) is 2. The lowest BCUT2D eigenvalue weighted by molar-refractivity contribution is 0.0728. The van der Waals surface area contributed by atoms with Gasteiger partial charge >= 0.3 is 5.97 Å². The number of carbonyl (C=O) groups excluding carboxylic acids is 2. The molecule has 0 aliphatic heterocycles. The first kappa shape index (κ1) is 26.7. The molecule has 2 N–H and O–H groups in total. The number of hydrogen-bond donors (Lipinski definition) is 2. The number of aromatic amines is 1. The largest absolute Gasteiger partial charge is 0.490 e. The SMILES string of the molecule is CCOc1cc(C=NNC(=O)c2[nH]c3c(C)cccc3c2-c2ccccc2Cl)ccc1OC(=O)c1ccccc1. The zero-order valence-corrected chi connectivity index (χ0v) is 22.7. The van der Waals surface area contributed by atoms with Crippen molar-refractivity contribution >= 4 is 40.6 Å². The van der Waals surface area contributed by atoms with Crippen LogP contribution in [0.15, 0.2) is 96.1 Å². The Morgan fingerprint density at radius 2 is 1.73 bits per heavy atom. The first-order valence-electron chi connectivity index (χ1n) is 12.7. The average molecular weight is 552 g/mol. The fraction of sp³-hybridized carbons (Fsp3) is 0.0938. The van der Waals surface area contributed by atoms with Gasteiger partial charge in [-0.25, -0.2) is 10.2 Å². The summed E-state index contributed by atoms with van der Waals surface area (Å²) >= 11 is 6.52. The number of benzene rings is 4. The number of esters is 1. The molecule has 1 aromatic heterocycles. The van der Waals surface area contributed by atoms with Crippen LogP contribution in [-0.2, 0) is 0 Å². The molecule has 40 heavy (non-hydrogen) atoms. The maximum atomic E-state index is 13.3. The number of rotatable bonds is 8. The number of fused-ring (bicyclic) bond motifs is 1. The number of nitrogens with zero attached hydrogens (tertiary/aromatic N) is 1. The van der Waals surface area contributed by atoms with Crippen LogP contribution in [0.25, 0.3) is 22.0 Å². The second kappa shape index (κ2) is 11.9. The summed E-state index contributed by atoms with van der Waals surface area (Å²) in [6, 6.07) is 27.0. The average Bonchev–Trinajstić information content (AvgIpc) is 3.36. The van der Waals surface area contributed by atoms with E-state index in [4.69, 9.17) is 21.1 Å². The number of aryl methyl sites for hydroxylation is 1. The van der Waals surface area contributed by atoms with Crippen LogP contribution in [0.1, 0.15) is 38.9 Å². The zero-order valence-electron chi connectivity index (χ0n) is 21.9. The molecule has 0 aliphatic rings. The van der Waals surface area contributed by atoms with E-state index in [1.807, 2.05) is 56.3 Å². The van der Waals surface area contributed by atoms with Crippen molar-refractivity contribution < 1.29 is 19.1 Å². The Balaban J connectivity index is 1.39. The van der Waals surface area contributed by atoms with Gasteiger partial charge < -0.3 is 14.5 Å². The molecule has 0 fully saturated rings. The third kappa shape index (κ3) is 5.60. The predicted molar refractivity (Wildman–Crippen MR) is 158 cm³/mol. The zero-order chi connectivity index (χ0) is 28.1. The van der Waals surface area contributed by atoms with E-state index in [0.29, 0.717) is 39.8 Å². The highest BCUT2D eigenvalue weighted by Crippen LogP contribution is 2.37. The van der Waals surface area contributed by atoms with E-state index < -0.39 is 11.9 Å². The molecule has 200 valence electrons. The van der Waals surface area contributed by atoms with Crippen LogP contribution in [0.5, 0.6) is 11.5 Å². The number of carbonyl (C=O) groups is 2. The number of nitrogens with one attached hydrogen (secondary N) is 2. The molecule has 1 amide bonds. The van der Waals surface area contributed by atoms with Gasteiger partial charge in [0, 0.05) is 27.1 Å². The number of aromatic nitrogens is 1. The molecule has 0 saturated carbocycles. The lowest BCUT2D eigenvalue weighted by Crippen LogP contribution is -2.19. The highest BCUT2D eigenvalue weighted by molar-refractivity contribution is 6.34. The fourth-order valence-electron chi connectivity index (χ4n) is 4.39. The van der Waals surface area contributed by atoms with Crippen LogP contribution in [0.2, 0.25) is 5.02 Å². The molecule has 0 radical (unpaired) electrons. The predicted octanol–water partition coefficient (Wildman–Crippen LogP) is 7.18. The second-order valence-electron chi connectivity index (χ2n) is 8.95. The number of H-pyrrole nitrogens is 1. The second-order valence-corrected chi connectivity index (χ2v) is 9.35. The normalized spacial score (nSPS) is 11.1. The van der Waals surface area contributed by atoms with Crippen LogP contribution in [-0.4, -0.2) is 29.7 Å². The molecule has 0 saturated heterocycles. The molecule has 4 aromatic carbocycles. The molecule has 0 unspecified atom stereocenters. The molecule has 5 aromatic rings. The van der Waals surface area contributed by atoms with E-state index >= 15 is 0 Å². The van der Waals surface area contributed by atoms with Crippen molar-refractivity contribution in [3.63, 3.8) is 0 Å². The third-order valence-corrected chi connectivity index (χ3v) is 6.60. The Morgan fingerprint density at radius 3 is 2.50 bits per heavy atom. The van der Waals surface area contributed by atoms with Gasteiger partial charge in [-0.05, 0) is 61.4 Å². The van der Waals surface area contributed by atoms with Crippen molar-refractivity contribution in [2.75, 3.05) is 6.61 Å². The summed E-state index contributed by atoms with van der Waals surface area (Å²) in [5.41, 5.74) is 7.35. The van der Waals surface area contributed by atoms with Gasteiger partial charge in [0.15, 0.2) is 11.5 Å². The number of hydrazone groups is 1. The van der Waals surface area contributed by atoms with E-state index in [0.717, 1.165) is 22.0 Å². The summed E-state index contributed by atoms with van der Waals surface area (Å²) in [6.45, 7) is 4.19. The minimum absolute atomic E-state index is 0.287. The Morgan fingerprint density at radius 1 is 0.950 bits per heavy atom. The molecule has 0 atom stereocenters. The van der Waals surface area contributed by atoms with Crippen molar-refractivity contribution in [3.05, 3.63) is 118 Å². The topological polar surface area (TPSA) is 92.8 Å². The third-order valence-electron chi connectivity index (χ3n) is 6.27. The summed E-state index contributed by atoms with van der Waals surface area (Å²) in [5.74, 6) is -0.234. The quantitative estimate of drug-likeness (QED) is 0.0924. The molecule has 1 heterocycles. The van der Waals surface area contributed by atoms with Gasteiger partial charge in [0.1, 0.15) is 5.69 Å². The van der Waals surface area contributed by atoms with Gasteiger partial charge in [-0.1, -0.05) is 66.2 Å². The minimum atomic E-state index is -0.488. The molecule has 7 nitrogen and oxygen atoms in total. The first-order chi connectivity index (χ1) is 19.5. The van der Waals surface area contributed by atoms with E-state index in [1.54, 1.807) is 48.5 Å². The molecular weight excluding hydrogens is 526 g/mol. The van der Waals surface area contributed by atoms with Crippen molar-refractivity contribution in [2.45, 2.75) is 13.8 Å². The molecule has 0 spiro atoms.